The molecule has 2 aromatic rings. The molecule has 0 amide bonds. The van der Waals surface area contributed by atoms with E-state index in [1.54, 1.807) is 0 Å². The standard InChI is InChI=1S/C12H17N4O5P/c1-7-4-8(5-20-22(17,18)19)21-12(7)16-3-2-9-10(13)14-6-15-11(9)16/h2-3,6-8,12H,4-5H2,1H3,(H2,13,14,15)(H2,17,18,19)/t7-,8-,12+/m0/s1. The van der Waals surface area contributed by atoms with Crippen molar-refractivity contribution in [3.8, 4) is 0 Å². The fraction of sp³-hybridized carbons (Fsp3) is 0.500. The van der Waals surface area contributed by atoms with Gasteiger partial charge in [0.05, 0.1) is 18.1 Å². The predicted molar refractivity (Wildman–Crippen MR) is 77.6 cm³/mol. The number of phosphoric acid groups is 1. The summed E-state index contributed by atoms with van der Waals surface area (Å²) in [6, 6.07) is 1.82. The van der Waals surface area contributed by atoms with Crippen LogP contribution >= 0.6 is 7.82 Å². The summed E-state index contributed by atoms with van der Waals surface area (Å²) in [5.41, 5.74) is 6.48. The van der Waals surface area contributed by atoms with E-state index in [0.29, 0.717) is 17.9 Å². The molecule has 2 aromatic heterocycles. The minimum absolute atomic E-state index is 0.136. The Morgan fingerprint density at radius 1 is 1.55 bits per heavy atom. The highest BCUT2D eigenvalue weighted by Crippen LogP contribution is 2.40. The highest BCUT2D eigenvalue weighted by molar-refractivity contribution is 7.46. The Bertz CT molecular complexity index is 729. The number of nitrogens with zero attached hydrogens (tertiary/aromatic N) is 3. The molecule has 1 aliphatic heterocycles. The highest BCUT2D eigenvalue weighted by Gasteiger charge is 2.35. The molecule has 10 heteroatoms. The Morgan fingerprint density at radius 2 is 2.32 bits per heavy atom. The summed E-state index contributed by atoms with van der Waals surface area (Å²) < 4.78 is 23.0. The number of nitrogens with two attached hydrogens (primary N) is 1. The third-order valence-corrected chi connectivity index (χ3v) is 4.18. The van der Waals surface area contributed by atoms with Gasteiger partial charge in [-0.05, 0) is 12.5 Å². The van der Waals surface area contributed by atoms with Crippen molar-refractivity contribution in [2.24, 2.45) is 5.92 Å². The first kappa shape index (κ1) is 15.4. The summed E-state index contributed by atoms with van der Waals surface area (Å²) in [6.45, 7) is 1.85. The monoisotopic (exact) mass is 328 g/mol. The normalized spacial score (nSPS) is 25.9. The van der Waals surface area contributed by atoms with Crippen molar-refractivity contribution >= 4 is 24.7 Å². The molecule has 0 aliphatic carbocycles. The van der Waals surface area contributed by atoms with E-state index in [1.165, 1.54) is 6.33 Å². The van der Waals surface area contributed by atoms with Gasteiger partial charge in [-0.1, -0.05) is 6.92 Å². The number of ether oxygens (including phenoxy) is 1. The lowest BCUT2D eigenvalue weighted by molar-refractivity contribution is -0.0288. The Kier molecular flexibility index (Phi) is 3.92. The largest absolute Gasteiger partial charge is 0.469 e. The van der Waals surface area contributed by atoms with Crippen LogP contribution in [0.15, 0.2) is 18.6 Å². The van der Waals surface area contributed by atoms with Crippen LogP contribution in [-0.2, 0) is 13.8 Å². The van der Waals surface area contributed by atoms with Gasteiger partial charge in [0.15, 0.2) is 0 Å². The van der Waals surface area contributed by atoms with Crippen molar-refractivity contribution in [2.75, 3.05) is 12.3 Å². The van der Waals surface area contributed by atoms with Gasteiger partial charge in [0.25, 0.3) is 0 Å². The Balaban J connectivity index is 1.80. The minimum atomic E-state index is -4.49. The molecule has 0 spiro atoms. The van der Waals surface area contributed by atoms with Crippen LogP contribution in [0.25, 0.3) is 11.0 Å². The molecular formula is C12H17N4O5P. The Labute approximate surface area is 126 Å². The second-order valence-electron chi connectivity index (χ2n) is 5.37. The van der Waals surface area contributed by atoms with E-state index in [4.69, 9.17) is 20.3 Å². The first-order valence-corrected chi connectivity index (χ1v) is 8.31. The number of hydrogen-bond acceptors (Lipinski definition) is 6. The van der Waals surface area contributed by atoms with E-state index < -0.39 is 7.82 Å². The molecule has 3 atom stereocenters. The van der Waals surface area contributed by atoms with Gasteiger partial charge in [-0.3, -0.25) is 4.52 Å². The molecule has 9 nitrogen and oxygen atoms in total. The smallest absolute Gasteiger partial charge is 0.383 e. The molecule has 22 heavy (non-hydrogen) atoms. The van der Waals surface area contributed by atoms with E-state index >= 15 is 0 Å². The summed E-state index contributed by atoms with van der Waals surface area (Å²) in [5.74, 6) is 0.535. The SMILES string of the molecule is C[C@H]1C[C@@H](COP(=O)(O)O)O[C@H]1n1ccc2c(N)ncnc21. The first-order valence-electron chi connectivity index (χ1n) is 6.77. The molecule has 3 heterocycles. The van der Waals surface area contributed by atoms with Crippen LogP contribution in [0.3, 0.4) is 0 Å². The second-order valence-corrected chi connectivity index (χ2v) is 6.61. The van der Waals surface area contributed by atoms with Crippen molar-refractivity contribution in [3.05, 3.63) is 18.6 Å². The lowest BCUT2D eigenvalue weighted by atomic mass is 10.1. The van der Waals surface area contributed by atoms with Crippen molar-refractivity contribution in [2.45, 2.75) is 25.7 Å². The predicted octanol–water partition coefficient (Wildman–Crippen LogP) is 1.05. The van der Waals surface area contributed by atoms with E-state index in [1.807, 2.05) is 23.8 Å². The van der Waals surface area contributed by atoms with Gasteiger partial charge in [-0.2, -0.15) is 0 Å². The zero-order chi connectivity index (χ0) is 15.9. The zero-order valence-electron chi connectivity index (χ0n) is 11.9. The van der Waals surface area contributed by atoms with Crippen molar-refractivity contribution in [3.63, 3.8) is 0 Å². The fourth-order valence-electron chi connectivity index (χ4n) is 2.74. The molecule has 120 valence electrons. The Hall–Kier alpha value is -1.51. The molecular weight excluding hydrogens is 311 g/mol. The maximum Gasteiger partial charge on any atom is 0.469 e. The number of rotatable bonds is 4. The van der Waals surface area contributed by atoms with Crippen LogP contribution in [0, 0.1) is 5.92 Å². The molecule has 3 rings (SSSR count). The molecule has 0 unspecified atom stereocenters. The number of phosphoric ester groups is 1. The lowest BCUT2D eigenvalue weighted by Crippen LogP contribution is -2.16. The third kappa shape index (κ3) is 2.99. The number of aromatic nitrogens is 3. The number of anilines is 1. The van der Waals surface area contributed by atoms with Crippen LogP contribution in [-0.4, -0.2) is 37.0 Å². The van der Waals surface area contributed by atoms with Gasteiger partial charge in [-0.25, -0.2) is 14.5 Å². The molecule has 0 saturated carbocycles. The molecule has 1 aliphatic rings. The fourth-order valence-corrected chi connectivity index (χ4v) is 3.10. The highest BCUT2D eigenvalue weighted by atomic mass is 31.2. The first-order chi connectivity index (χ1) is 10.3. The number of hydrogen-bond donors (Lipinski definition) is 3. The van der Waals surface area contributed by atoms with Crippen molar-refractivity contribution < 1.29 is 23.6 Å². The topological polar surface area (TPSA) is 133 Å². The van der Waals surface area contributed by atoms with Gasteiger partial charge >= 0.3 is 7.82 Å². The van der Waals surface area contributed by atoms with E-state index in [-0.39, 0.29) is 24.9 Å². The van der Waals surface area contributed by atoms with Gasteiger partial charge in [0.2, 0.25) is 0 Å². The van der Waals surface area contributed by atoms with E-state index in [0.717, 1.165) is 5.39 Å². The molecule has 0 aromatic carbocycles. The molecule has 1 saturated heterocycles. The van der Waals surface area contributed by atoms with Gasteiger partial charge in [-0.15, -0.1) is 0 Å². The van der Waals surface area contributed by atoms with Crippen molar-refractivity contribution in [1.82, 2.24) is 14.5 Å². The Morgan fingerprint density at radius 3 is 3.05 bits per heavy atom. The average molecular weight is 328 g/mol. The van der Waals surface area contributed by atoms with E-state index in [2.05, 4.69) is 14.5 Å². The van der Waals surface area contributed by atoms with Gasteiger partial charge in [0.1, 0.15) is 24.0 Å². The van der Waals surface area contributed by atoms with Crippen LogP contribution in [0.1, 0.15) is 19.6 Å². The summed E-state index contributed by atoms with van der Waals surface area (Å²) in [4.78, 5) is 25.7. The summed E-state index contributed by atoms with van der Waals surface area (Å²) in [7, 11) is -4.49. The maximum atomic E-state index is 10.8. The molecule has 0 bridgehead atoms. The maximum absolute atomic E-state index is 10.8. The number of fused-ring (bicyclic) bond motifs is 1. The number of nitrogen functional groups attached to an aromatic ring is 1. The van der Waals surface area contributed by atoms with Gasteiger partial charge in [0, 0.05) is 12.1 Å². The zero-order valence-corrected chi connectivity index (χ0v) is 12.8. The summed E-state index contributed by atoms with van der Waals surface area (Å²) in [6.07, 6.45) is 3.16. The molecule has 0 radical (unpaired) electrons. The van der Waals surface area contributed by atoms with E-state index in [9.17, 15) is 4.57 Å². The van der Waals surface area contributed by atoms with Crippen molar-refractivity contribution in [1.29, 1.82) is 0 Å². The summed E-state index contributed by atoms with van der Waals surface area (Å²) in [5, 5.41) is 0.744. The third-order valence-electron chi connectivity index (χ3n) is 3.70. The van der Waals surface area contributed by atoms with Crippen LogP contribution < -0.4 is 5.73 Å². The quantitative estimate of drug-likeness (QED) is 0.709. The second kappa shape index (κ2) is 5.60. The van der Waals surface area contributed by atoms with Gasteiger partial charge < -0.3 is 24.8 Å². The van der Waals surface area contributed by atoms with Crippen LogP contribution in [0.2, 0.25) is 0 Å². The minimum Gasteiger partial charge on any atom is -0.383 e. The molecule has 1 fully saturated rings. The van der Waals surface area contributed by atoms with Crippen LogP contribution in [0.5, 0.6) is 0 Å². The van der Waals surface area contributed by atoms with Crippen LogP contribution in [0.4, 0.5) is 5.82 Å². The average Bonchev–Trinajstić information content (AvgIpc) is 3.00. The lowest BCUT2D eigenvalue weighted by Gasteiger charge is -2.18. The summed E-state index contributed by atoms with van der Waals surface area (Å²) >= 11 is 0. The molecule has 4 N–H and O–H groups in total.